The molecule has 0 spiro atoms. The van der Waals surface area contributed by atoms with Crippen molar-refractivity contribution in [1.82, 2.24) is 9.78 Å². The molecule has 1 atom stereocenters. The fourth-order valence-corrected chi connectivity index (χ4v) is 1.84. The van der Waals surface area contributed by atoms with E-state index in [0.717, 1.165) is 29.8 Å². The fourth-order valence-electron chi connectivity index (χ4n) is 1.84. The summed E-state index contributed by atoms with van der Waals surface area (Å²) >= 11 is 0. The van der Waals surface area contributed by atoms with Gasteiger partial charge in [-0.1, -0.05) is 19.1 Å². The Bertz CT molecular complexity index is 505. The third-order valence-electron chi connectivity index (χ3n) is 3.07. The second-order valence-electron chi connectivity index (χ2n) is 4.49. The Hall–Kier alpha value is -1.81. The van der Waals surface area contributed by atoms with E-state index in [9.17, 15) is 5.11 Å². The number of benzene rings is 1. The Morgan fingerprint density at radius 1 is 1.26 bits per heavy atom. The topological polar surface area (TPSA) is 47.3 Å². The molecule has 102 valence electrons. The van der Waals surface area contributed by atoms with Crippen molar-refractivity contribution in [3.8, 4) is 5.75 Å². The van der Waals surface area contributed by atoms with Crippen LogP contribution in [-0.4, -0.2) is 14.9 Å². The molecule has 1 aromatic heterocycles. The van der Waals surface area contributed by atoms with Crippen LogP contribution >= 0.6 is 0 Å². The van der Waals surface area contributed by atoms with Gasteiger partial charge in [-0.15, -0.1) is 0 Å². The zero-order valence-electron chi connectivity index (χ0n) is 11.4. The lowest BCUT2D eigenvalue weighted by atomic mass is 10.1. The van der Waals surface area contributed by atoms with Gasteiger partial charge in [-0.2, -0.15) is 5.10 Å². The summed E-state index contributed by atoms with van der Waals surface area (Å²) < 4.78 is 7.56. The van der Waals surface area contributed by atoms with Crippen LogP contribution in [0.4, 0.5) is 0 Å². The maximum Gasteiger partial charge on any atom is 0.119 e. The van der Waals surface area contributed by atoms with Crippen LogP contribution in [0.1, 0.15) is 37.5 Å². The van der Waals surface area contributed by atoms with Crippen molar-refractivity contribution >= 4 is 0 Å². The summed E-state index contributed by atoms with van der Waals surface area (Å²) in [5.41, 5.74) is 1.98. The molecule has 0 amide bonds. The molecule has 0 aliphatic rings. The molecule has 0 aliphatic heterocycles. The van der Waals surface area contributed by atoms with Gasteiger partial charge < -0.3 is 9.84 Å². The highest BCUT2D eigenvalue weighted by Crippen LogP contribution is 2.20. The SMILES string of the molecule is CC[C@@H](O)c1ccc(OCc2cnn(CC)c2)cc1. The molecule has 1 N–H and O–H groups in total. The van der Waals surface area contributed by atoms with E-state index in [-0.39, 0.29) is 0 Å². The van der Waals surface area contributed by atoms with Crippen molar-refractivity contribution in [2.45, 2.75) is 39.5 Å². The predicted molar refractivity (Wildman–Crippen MR) is 73.9 cm³/mol. The maximum absolute atomic E-state index is 9.71. The summed E-state index contributed by atoms with van der Waals surface area (Å²) in [5.74, 6) is 0.802. The van der Waals surface area contributed by atoms with Crippen molar-refractivity contribution in [2.24, 2.45) is 0 Å². The van der Waals surface area contributed by atoms with E-state index in [1.807, 2.05) is 48.3 Å². The van der Waals surface area contributed by atoms with Gasteiger partial charge in [0, 0.05) is 18.3 Å². The monoisotopic (exact) mass is 260 g/mol. The molecular weight excluding hydrogens is 240 g/mol. The highest BCUT2D eigenvalue weighted by molar-refractivity contribution is 5.28. The molecule has 0 saturated heterocycles. The van der Waals surface area contributed by atoms with Gasteiger partial charge in [-0.3, -0.25) is 4.68 Å². The number of aliphatic hydroxyl groups is 1. The molecule has 19 heavy (non-hydrogen) atoms. The first kappa shape index (κ1) is 13.6. The van der Waals surface area contributed by atoms with Gasteiger partial charge >= 0.3 is 0 Å². The Kier molecular flexibility index (Phi) is 4.58. The van der Waals surface area contributed by atoms with Crippen LogP contribution in [0.2, 0.25) is 0 Å². The van der Waals surface area contributed by atoms with E-state index < -0.39 is 6.10 Å². The number of rotatable bonds is 6. The van der Waals surface area contributed by atoms with Crippen LogP contribution in [0.25, 0.3) is 0 Å². The fraction of sp³-hybridized carbons (Fsp3) is 0.400. The third-order valence-corrected chi connectivity index (χ3v) is 3.07. The minimum Gasteiger partial charge on any atom is -0.489 e. The number of hydrogen-bond acceptors (Lipinski definition) is 3. The van der Waals surface area contributed by atoms with E-state index in [1.165, 1.54) is 0 Å². The van der Waals surface area contributed by atoms with E-state index in [4.69, 9.17) is 4.74 Å². The van der Waals surface area contributed by atoms with Crippen molar-refractivity contribution < 1.29 is 9.84 Å². The number of aryl methyl sites for hydroxylation is 1. The van der Waals surface area contributed by atoms with Gasteiger partial charge in [0.25, 0.3) is 0 Å². The van der Waals surface area contributed by atoms with Crippen LogP contribution in [0.3, 0.4) is 0 Å². The van der Waals surface area contributed by atoms with Gasteiger partial charge in [0.1, 0.15) is 12.4 Å². The molecule has 0 aliphatic carbocycles. The van der Waals surface area contributed by atoms with Gasteiger partial charge in [-0.25, -0.2) is 0 Å². The number of hydrogen-bond donors (Lipinski definition) is 1. The Labute approximate surface area is 113 Å². The molecule has 2 rings (SSSR count). The predicted octanol–water partition coefficient (Wildman–Crippen LogP) is 2.93. The molecule has 0 bridgehead atoms. The zero-order valence-corrected chi connectivity index (χ0v) is 11.4. The molecule has 2 aromatic rings. The quantitative estimate of drug-likeness (QED) is 0.868. The zero-order chi connectivity index (χ0) is 13.7. The van der Waals surface area contributed by atoms with Gasteiger partial charge in [-0.05, 0) is 31.0 Å². The normalized spacial score (nSPS) is 12.4. The molecule has 1 heterocycles. The van der Waals surface area contributed by atoms with Crippen LogP contribution in [-0.2, 0) is 13.2 Å². The number of ether oxygens (including phenoxy) is 1. The van der Waals surface area contributed by atoms with E-state index in [1.54, 1.807) is 0 Å². The Morgan fingerprint density at radius 3 is 2.58 bits per heavy atom. The standard InChI is InChI=1S/C15H20N2O2/c1-3-15(18)13-5-7-14(8-6-13)19-11-12-9-16-17(4-2)10-12/h5-10,15,18H,3-4,11H2,1-2H3/t15-/m1/s1. The lowest BCUT2D eigenvalue weighted by Gasteiger charge is -2.09. The van der Waals surface area contributed by atoms with Crippen molar-refractivity contribution in [3.05, 3.63) is 47.8 Å². The van der Waals surface area contributed by atoms with E-state index in [2.05, 4.69) is 12.0 Å². The Morgan fingerprint density at radius 2 is 2.00 bits per heavy atom. The Balaban J connectivity index is 1.92. The average molecular weight is 260 g/mol. The molecule has 0 fully saturated rings. The summed E-state index contributed by atoms with van der Waals surface area (Å²) in [6, 6.07) is 7.58. The summed E-state index contributed by atoms with van der Waals surface area (Å²) in [7, 11) is 0. The van der Waals surface area contributed by atoms with E-state index in [0.29, 0.717) is 6.61 Å². The van der Waals surface area contributed by atoms with Crippen molar-refractivity contribution in [3.63, 3.8) is 0 Å². The smallest absolute Gasteiger partial charge is 0.119 e. The molecule has 4 nitrogen and oxygen atoms in total. The highest BCUT2D eigenvalue weighted by Gasteiger charge is 2.04. The van der Waals surface area contributed by atoms with Crippen LogP contribution < -0.4 is 4.74 Å². The first-order valence-corrected chi connectivity index (χ1v) is 6.65. The molecular formula is C15H20N2O2. The van der Waals surface area contributed by atoms with Gasteiger partial charge in [0.15, 0.2) is 0 Å². The van der Waals surface area contributed by atoms with Gasteiger partial charge in [0.2, 0.25) is 0 Å². The van der Waals surface area contributed by atoms with Gasteiger partial charge in [0.05, 0.1) is 12.3 Å². The lowest BCUT2D eigenvalue weighted by Crippen LogP contribution is -1.97. The highest BCUT2D eigenvalue weighted by atomic mass is 16.5. The first-order valence-electron chi connectivity index (χ1n) is 6.65. The molecule has 1 aromatic carbocycles. The van der Waals surface area contributed by atoms with Crippen molar-refractivity contribution in [1.29, 1.82) is 0 Å². The molecule has 0 saturated carbocycles. The molecule has 0 unspecified atom stereocenters. The van der Waals surface area contributed by atoms with Crippen LogP contribution in [0.15, 0.2) is 36.7 Å². The van der Waals surface area contributed by atoms with Crippen molar-refractivity contribution in [2.75, 3.05) is 0 Å². The summed E-state index contributed by atoms with van der Waals surface area (Å²) in [6.45, 7) is 5.38. The molecule has 4 heteroatoms. The summed E-state index contributed by atoms with van der Waals surface area (Å²) in [4.78, 5) is 0. The number of nitrogens with zero attached hydrogens (tertiary/aromatic N) is 2. The minimum absolute atomic E-state index is 0.392. The summed E-state index contributed by atoms with van der Waals surface area (Å²) in [5, 5.41) is 13.9. The number of aliphatic hydroxyl groups excluding tert-OH is 1. The maximum atomic E-state index is 9.71. The summed E-state index contributed by atoms with van der Waals surface area (Å²) in [6.07, 6.45) is 4.13. The average Bonchev–Trinajstić information content (AvgIpc) is 2.93. The first-order chi connectivity index (χ1) is 9.22. The minimum atomic E-state index is -0.392. The third kappa shape index (κ3) is 3.58. The largest absolute Gasteiger partial charge is 0.489 e. The lowest BCUT2D eigenvalue weighted by molar-refractivity contribution is 0.173. The number of aromatic nitrogens is 2. The van der Waals surface area contributed by atoms with E-state index >= 15 is 0 Å². The van der Waals surface area contributed by atoms with Crippen LogP contribution in [0, 0.1) is 0 Å². The van der Waals surface area contributed by atoms with Crippen LogP contribution in [0.5, 0.6) is 5.75 Å². The second kappa shape index (κ2) is 6.38. The molecule has 0 radical (unpaired) electrons. The second-order valence-corrected chi connectivity index (χ2v) is 4.49.